The van der Waals surface area contributed by atoms with Crippen LogP contribution in [0.5, 0.6) is 5.75 Å². The van der Waals surface area contributed by atoms with Crippen LogP contribution in [0.4, 0.5) is 4.39 Å². The third kappa shape index (κ3) is 2.19. The van der Waals surface area contributed by atoms with Crippen molar-refractivity contribution in [1.82, 2.24) is 19.7 Å². The lowest BCUT2D eigenvalue weighted by molar-refractivity contribution is 0.386. The van der Waals surface area contributed by atoms with E-state index in [0.717, 1.165) is 21.9 Å². The number of fused-ring (bicyclic) bond motifs is 2. The number of aromatic nitrogens is 4. The molecule has 0 spiro atoms. The van der Waals surface area contributed by atoms with Gasteiger partial charge in [0.1, 0.15) is 0 Å². The van der Waals surface area contributed by atoms with Gasteiger partial charge in [0.2, 0.25) is 0 Å². The number of nitrogens with zero attached hydrogens (tertiary/aromatic N) is 4. The topological polar surface area (TPSA) is 52.8 Å². The molecule has 23 heavy (non-hydrogen) atoms. The summed E-state index contributed by atoms with van der Waals surface area (Å²) in [6.45, 7) is 0. The van der Waals surface area contributed by atoms with Gasteiger partial charge in [-0.25, -0.2) is 9.37 Å². The molecule has 2 heterocycles. The molecule has 0 aliphatic carbocycles. The Morgan fingerprint density at radius 2 is 1.96 bits per heavy atom. The smallest absolute Gasteiger partial charge is 0.165 e. The number of halogens is 1. The molecular weight excluding hydrogens is 295 g/mol. The normalized spacial score (nSPS) is 11.3. The Balaban J connectivity index is 1.89. The number of hydrogen-bond acceptors (Lipinski definition) is 4. The second-order valence-corrected chi connectivity index (χ2v) is 5.27. The number of ether oxygens (including phenoxy) is 1. The molecule has 0 aliphatic rings. The van der Waals surface area contributed by atoms with Crippen molar-refractivity contribution in [1.29, 1.82) is 0 Å². The first-order valence-corrected chi connectivity index (χ1v) is 7.08. The number of methoxy groups -OCH3 is 1. The molecule has 0 fully saturated rings. The molecule has 114 valence electrons. The molecule has 0 N–H and O–H groups in total. The zero-order chi connectivity index (χ0) is 16.0. The van der Waals surface area contributed by atoms with Crippen LogP contribution in [0.15, 0.2) is 42.7 Å². The van der Waals surface area contributed by atoms with Gasteiger partial charge in [0.15, 0.2) is 11.6 Å². The van der Waals surface area contributed by atoms with E-state index in [1.807, 2.05) is 19.2 Å². The average Bonchev–Trinajstić information content (AvgIpc) is 2.92. The van der Waals surface area contributed by atoms with Gasteiger partial charge in [0, 0.05) is 18.0 Å². The van der Waals surface area contributed by atoms with Crippen LogP contribution in [0, 0.1) is 5.82 Å². The monoisotopic (exact) mass is 308 g/mol. The van der Waals surface area contributed by atoms with Gasteiger partial charge in [0.25, 0.3) is 0 Å². The lowest BCUT2D eigenvalue weighted by Gasteiger charge is -2.06. The van der Waals surface area contributed by atoms with Crippen molar-refractivity contribution < 1.29 is 9.13 Å². The van der Waals surface area contributed by atoms with Crippen molar-refractivity contribution in [3.05, 3.63) is 48.5 Å². The zero-order valence-electron chi connectivity index (χ0n) is 12.6. The standard InChI is InChI=1S/C17H13FN4O/c1-22-16-7-14-13(6-11(16)8-20-22)19-9-15(21-14)10-3-4-17(23-2)12(18)5-10/h3-9H,1-2H3. The Kier molecular flexibility index (Phi) is 2.97. The molecule has 0 aliphatic heterocycles. The van der Waals surface area contributed by atoms with E-state index in [-0.39, 0.29) is 5.75 Å². The first kappa shape index (κ1) is 13.6. The maximum absolute atomic E-state index is 13.9. The summed E-state index contributed by atoms with van der Waals surface area (Å²) in [6.07, 6.45) is 3.44. The Bertz CT molecular complexity index is 1040. The van der Waals surface area contributed by atoms with Crippen LogP contribution in [0.2, 0.25) is 0 Å². The van der Waals surface area contributed by atoms with Crippen molar-refractivity contribution >= 4 is 21.9 Å². The highest BCUT2D eigenvalue weighted by atomic mass is 19.1. The van der Waals surface area contributed by atoms with Crippen molar-refractivity contribution in [2.24, 2.45) is 7.05 Å². The van der Waals surface area contributed by atoms with Crippen molar-refractivity contribution in [2.45, 2.75) is 0 Å². The van der Waals surface area contributed by atoms with Crippen molar-refractivity contribution in [2.75, 3.05) is 7.11 Å². The second-order valence-electron chi connectivity index (χ2n) is 5.27. The predicted molar refractivity (Wildman–Crippen MR) is 85.8 cm³/mol. The molecule has 2 aromatic heterocycles. The summed E-state index contributed by atoms with van der Waals surface area (Å²) >= 11 is 0. The van der Waals surface area contributed by atoms with Crippen LogP contribution in [-0.2, 0) is 7.05 Å². The minimum absolute atomic E-state index is 0.207. The summed E-state index contributed by atoms with van der Waals surface area (Å²) < 4.78 is 20.6. The van der Waals surface area contributed by atoms with Crippen LogP contribution in [0.3, 0.4) is 0 Å². The van der Waals surface area contributed by atoms with E-state index in [0.29, 0.717) is 11.3 Å². The molecule has 0 saturated carbocycles. The third-order valence-corrected chi connectivity index (χ3v) is 3.86. The molecule has 2 aromatic carbocycles. The molecule has 0 unspecified atom stereocenters. The highest BCUT2D eigenvalue weighted by Gasteiger charge is 2.09. The van der Waals surface area contributed by atoms with Gasteiger partial charge < -0.3 is 4.74 Å². The molecule has 6 heteroatoms. The van der Waals surface area contributed by atoms with Crippen LogP contribution in [0.1, 0.15) is 0 Å². The van der Waals surface area contributed by atoms with Gasteiger partial charge in [-0.2, -0.15) is 5.10 Å². The summed E-state index contributed by atoms with van der Waals surface area (Å²) in [4.78, 5) is 9.04. The summed E-state index contributed by atoms with van der Waals surface area (Å²) in [7, 11) is 3.32. The quantitative estimate of drug-likeness (QED) is 0.570. The lowest BCUT2D eigenvalue weighted by Crippen LogP contribution is -1.93. The number of rotatable bonds is 2. The summed E-state index contributed by atoms with van der Waals surface area (Å²) in [5.41, 5.74) is 3.77. The van der Waals surface area contributed by atoms with Crippen LogP contribution in [0.25, 0.3) is 33.2 Å². The van der Waals surface area contributed by atoms with E-state index in [1.54, 1.807) is 29.2 Å². The first-order chi connectivity index (χ1) is 11.2. The highest BCUT2D eigenvalue weighted by Crippen LogP contribution is 2.26. The Hall–Kier alpha value is -3.02. The van der Waals surface area contributed by atoms with Crippen LogP contribution >= 0.6 is 0 Å². The summed E-state index contributed by atoms with van der Waals surface area (Å²) in [6, 6.07) is 8.63. The highest BCUT2D eigenvalue weighted by molar-refractivity contribution is 5.93. The fourth-order valence-corrected chi connectivity index (χ4v) is 2.62. The largest absolute Gasteiger partial charge is 0.494 e. The number of benzene rings is 2. The van der Waals surface area contributed by atoms with E-state index in [1.165, 1.54) is 13.2 Å². The fourth-order valence-electron chi connectivity index (χ4n) is 2.62. The predicted octanol–water partition coefficient (Wildman–Crippen LogP) is 3.33. The number of aryl methyl sites for hydroxylation is 1. The van der Waals surface area contributed by atoms with E-state index in [2.05, 4.69) is 15.1 Å². The SMILES string of the molecule is COc1ccc(-c2cnc3cc4cnn(C)c4cc3n2)cc1F. The van der Waals surface area contributed by atoms with E-state index >= 15 is 0 Å². The average molecular weight is 308 g/mol. The molecule has 4 aromatic rings. The van der Waals surface area contributed by atoms with Crippen LogP contribution in [-0.4, -0.2) is 26.9 Å². The lowest BCUT2D eigenvalue weighted by atomic mass is 10.1. The molecule has 4 rings (SSSR count). The Morgan fingerprint density at radius 3 is 2.74 bits per heavy atom. The zero-order valence-corrected chi connectivity index (χ0v) is 12.6. The minimum Gasteiger partial charge on any atom is -0.494 e. The molecule has 5 nitrogen and oxygen atoms in total. The van der Waals surface area contributed by atoms with E-state index in [4.69, 9.17) is 4.74 Å². The van der Waals surface area contributed by atoms with Gasteiger partial charge >= 0.3 is 0 Å². The van der Waals surface area contributed by atoms with Crippen LogP contribution < -0.4 is 4.74 Å². The van der Waals surface area contributed by atoms with Gasteiger partial charge in [-0.3, -0.25) is 9.67 Å². The summed E-state index contributed by atoms with van der Waals surface area (Å²) in [5.74, 6) is -0.215. The molecule has 0 amide bonds. The maximum Gasteiger partial charge on any atom is 0.165 e. The maximum atomic E-state index is 13.9. The molecule has 0 saturated heterocycles. The Morgan fingerprint density at radius 1 is 1.09 bits per heavy atom. The Labute approximate surface area is 131 Å². The van der Waals surface area contributed by atoms with Gasteiger partial charge in [-0.05, 0) is 30.3 Å². The van der Waals surface area contributed by atoms with E-state index < -0.39 is 5.82 Å². The molecule has 0 atom stereocenters. The van der Waals surface area contributed by atoms with Gasteiger partial charge in [-0.1, -0.05) is 0 Å². The van der Waals surface area contributed by atoms with Gasteiger partial charge in [0.05, 0.1) is 41.7 Å². The summed E-state index contributed by atoms with van der Waals surface area (Å²) in [5, 5.41) is 5.24. The molecular formula is C17H13FN4O. The minimum atomic E-state index is -0.422. The van der Waals surface area contributed by atoms with Crippen molar-refractivity contribution in [3.63, 3.8) is 0 Å². The number of hydrogen-bond donors (Lipinski definition) is 0. The molecule has 0 bridgehead atoms. The molecule has 0 radical (unpaired) electrons. The fraction of sp³-hybridized carbons (Fsp3) is 0.118. The van der Waals surface area contributed by atoms with Crippen molar-refractivity contribution in [3.8, 4) is 17.0 Å². The third-order valence-electron chi connectivity index (χ3n) is 3.86. The second kappa shape index (κ2) is 5.01. The first-order valence-electron chi connectivity index (χ1n) is 7.08. The van der Waals surface area contributed by atoms with E-state index in [9.17, 15) is 4.39 Å². The van der Waals surface area contributed by atoms with Gasteiger partial charge in [-0.15, -0.1) is 0 Å².